The van der Waals surface area contributed by atoms with E-state index in [4.69, 9.17) is 0 Å². The molecule has 7 nitrogen and oxygen atoms in total. The van der Waals surface area contributed by atoms with E-state index in [9.17, 15) is 49.1 Å². The number of aldehydes is 2. The minimum Gasteiger partial charge on any atom is -0.406 e. The molecule has 1 aliphatic rings. The van der Waals surface area contributed by atoms with Gasteiger partial charge in [-0.1, -0.05) is 19.1 Å². The highest BCUT2D eigenvalue weighted by atomic mass is 32.2. The van der Waals surface area contributed by atoms with E-state index >= 15 is 0 Å². The van der Waals surface area contributed by atoms with Gasteiger partial charge in [0.25, 0.3) is 5.91 Å². The molecule has 0 unspecified atom stereocenters. The highest BCUT2D eigenvalue weighted by molar-refractivity contribution is 7.90. The Kier molecular flexibility index (Phi) is 9.93. The third-order valence-corrected chi connectivity index (χ3v) is 7.07. The van der Waals surface area contributed by atoms with E-state index in [0.717, 1.165) is 30.7 Å². The number of halogens is 6. The number of carbonyl (C=O) groups is 3. The number of rotatable bonds is 6. The molecule has 0 aromatic heterocycles. The number of sulfone groups is 1. The normalized spacial score (nSPS) is 19.7. The van der Waals surface area contributed by atoms with Gasteiger partial charge in [-0.2, -0.15) is 13.2 Å². The van der Waals surface area contributed by atoms with Crippen LogP contribution in [-0.2, 0) is 20.8 Å². The van der Waals surface area contributed by atoms with E-state index in [0.29, 0.717) is 44.1 Å². The lowest BCUT2D eigenvalue weighted by Crippen LogP contribution is -2.40. The van der Waals surface area contributed by atoms with E-state index in [-0.39, 0.29) is 17.2 Å². The summed E-state index contributed by atoms with van der Waals surface area (Å²) < 4.78 is 101. The van der Waals surface area contributed by atoms with Gasteiger partial charge in [0.2, 0.25) is 0 Å². The Morgan fingerprint density at radius 2 is 1.64 bits per heavy atom. The van der Waals surface area contributed by atoms with Gasteiger partial charge in [0.05, 0.1) is 16.0 Å². The van der Waals surface area contributed by atoms with Gasteiger partial charge in [0.1, 0.15) is 18.3 Å². The molecule has 0 atom stereocenters. The lowest BCUT2D eigenvalue weighted by molar-refractivity contribution is -0.274. The Hall–Kier alpha value is -3.42. The number of carbonyl (C=O) groups excluding carboxylic acids is 3. The molecule has 0 bridgehead atoms. The maximum Gasteiger partial charge on any atom is 0.573 e. The predicted octanol–water partition coefficient (Wildman–Crippen LogP) is 5.38. The molecule has 0 aliphatic heterocycles. The molecule has 1 saturated carbocycles. The molecule has 0 radical (unpaired) electrons. The summed E-state index contributed by atoms with van der Waals surface area (Å²) in [6, 6.07) is 6.63. The molecular formula is C25H25F6NO6S. The summed E-state index contributed by atoms with van der Waals surface area (Å²) >= 11 is 0. The zero-order valence-electron chi connectivity index (χ0n) is 20.7. The minimum atomic E-state index is -4.72. The molecule has 1 aliphatic carbocycles. The van der Waals surface area contributed by atoms with Crippen molar-refractivity contribution in [3.05, 3.63) is 59.2 Å². The molecule has 39 heavy (non-hydrogen) atoms. The third-order valence-electron chi connectivity index (χ3n) is 5.93. The fraction of sp³-hybridized carbons (Fsp3) is 0.400. The van der Waals surface area contributed by atoms with Crippen molar-refractivity contribution >= 4 is 28.3 Å². The van der Waals surface area contributed by atoms with Crippen LogP contribution < -0.4 is 10.1 Å². The standard InChI is InChI=1S/C17H20F3NO4S.C8H5F3O2/c1-16(10-22)7-5-12(6-8-16)21-15(23)13-4-3-11(17(18,19)20)9-14(13)26(2,24)25;9-8(10,11)13-7-3-1-2-6(4-7)5-12/h3-4,9-10,12H,5-8H2,1-2H3,(H,21,23);1-5H. The molecule has 0 heterocycles. The molecule has 14 heteroatoms. The second-order valence-corrected chi connectivity index (χ2v) is 11.2. The number of hydrogen-bond acceptors (Lipinski definition) is 6. The summed E-state index contributed by atoms with van der Waals surface area (Å²) in [5.74, 6) is -1.13. The van der Waals surface area contributed by atoms with Crippen LogP contribution >= 0.6 is 0 Å². The zero-order valence-corrected chi connectivity index (χ0v) is 21.5. The second kappa shape index (κ2) is 12.2. The quantitative estimate of drug-likeness (QED) is 0.363. The average molecular weight is 582 g/mol. The Balaban J connectivity index is 0.000000344. The Labute approximate surface area is 220 Å². The molecule has 2 aromatic carbocycles. The minimum absolute atomic E-state index is 0.141. The van der Waals surface area contributed by atoms with Crippen molar-refractivity contribution in [1.29, 1.82) is 0 Å². The van der Waals surface area contributed by atoms with Crippen molar-refractivity contribution in [2.75, 3.05) is 6.26 Å². The second-order valence-electron chi connectivity index (χ2n) is 9.24. The third kappa shape index (κ3) is 9.68. The Morgan fingerprint density at radius 1 is 1.03 bits per heavy atom. The molecule has 1 N–H and O–H groups in total. The summed E-state index contributed by atoms with van der Waals surface area (Å²) in [5, 5.41) is 2.67. The summed E-state index contributed by atoms with van der Waals surface area (Å²) in [6.45, 7) is 1.83. The van der Waals surface area contributed by atoms with Gasteiger partial charge in [-0.3, -0.25) is 9.59 Å². The predicted molar refractivity (Wildman–Crippen MR) is 127 cm³/mol. The van der Waals surface area contributed by atoms with Crippen molar-refractivity contribution < 1.29 is 53.9 Å². The molecule has 214 valence electrons. The van der Waals surface area contributed by atoms with Crippen LogP contribution in [0.3, 0.4) is 0 Å². The smallest absolute Gasteiger partial charge is 0.406 e. The van der Waals surface area contributed by atoms with Gasteiger partial charge in [0, 0.05) is 23.3 Å². The summed E-state index contributed by atoms with van der Waals surface area (Å²) in [6.07, 6.45) is -5.10. The number of amides is 1. The monoisotopic (exact) mass is 581 g/mol. The summed E-state index contributed by atoms with van der Waals surface area (Å²) in [7, 11) is -4.03. The van der Waals surface area contributed by atoms with Gasteiger partial charge in [-0.25, -0.2) is 8.42 Å². The zero-order chi connectivity index (χ0) is 29.6. The van der Waals surface area contributed by atoms with Crippen LogP contribution in [0.2, 0.25) is 0 Å². The van der Waals surface area contributed by atoms with Crippen LogP contribution in [0, 0.1) is 5.41 Å². The van der Waals surface area contributed by atoms with Crippen molar-refractivity contribution in [1.82, 2.24) is 5.32 Å². The molecular weight excluding hydrogens is 556 g/mol. The van der Waals surface area contributed by atoms with Crippen LogP contribution in [0.1, 0.15) is 58.9 Å². The van der Waals surface area contributed by atoms with Gasteiger partial charge >= 0.3 is 12.5 Å². The Morgan fingerprint density at radius 3 is 2.13 bits per heavy atom. The van der Waals surface area contributed by atoms with Crippen molar-refractivity contribution in [3.8, 4) is 5.75 Å². The van der Waals surface area contributed by atoms with Crippen LogP contribution in [0.15, 0.2) is 47.4 Å². The van der Waals surface area contributed by atoms with E-state index in [1.807, 2.05) is 6.92 Å². The van der Waals surface area contributed by atoms with Crippen molar-refractivity contribution in [2.45, 2.75) is 56.1 Å². The maximum absolute atomic E-state index is 12.8. The van der Waals surface area contributed by atoms with Crippen LogP contribution in [0.4, 0.5) is 26.3 Å². The molecule has 2 aromatic rings. The van der Waals surface area contributed by atoms with Crippen molar-refractivity contribution in [2.24, 2.45) is 5.41 Å². The molecule has 0 spiro atoms. The van der Waals surface area contributed by atoms with Gasteiger partial charge in [-0.05, 0) is 56.0 Å². The van der Waals surface area contributed by atoms with E-state index in [2.05, 4.69) is 10.1 Å². The van der Waals surface area contributed by atoms with Crippen LogP contribution in [0.25, 0.3) is 0 Å². The van der Waals surface area contributed by atoms with Gasteiger partial charge in [0.15, 0.2) is 9.84 Å². The number of benzene rings is 2. The highest BCUT2D eigenvalue weighted by Gasteiger charge is 2.35. The first kappa shape index (κ1) is 31.8. The first-order valence-corrected chi connectivity index (χ1v) is 13.3. The summed E-state index contributed by atoms with van der Waals surface area (Å²) in [4.78, 5) is 33.0. The number of alkyl halides is 6. The first-order valence-electron chi connectivity index (χ1n) is 11.4. The van der Waals surface area contributed by atoms with E-state index in [1.54, 1.807) is 0 Å². The number of nitrogens with one attached hydrogen (secondary N) is 1. The van der Waals surface area contributed by atoms with Crippen molar-refractivity contribution in [3.63, 3.8) is 0 Å². The lowest BCUT2D eigenvalue weighted by atomic mass is 9.75. The summed E-state index contributed by atoms with van der Waals surface area (Å²) in [5.41, 5.74) is -1.74. The number of ether oxygens (including phenoxy) is 1. The fourth-order valence-electron chi connectivity index (χ4n) is 3.78. The molecule has 1 fully saturated rings. The topological polar surface area (TPSA) is 107 Å². The maximum atomic E-state index is 12.8. The van der Waals surface area contributed by atoms with Gasteiger partial charge in [-0.15, -0.1) is 13.2 Å². The SMILES string of the molecule is CC1(C=O)CCC(NC(=O)c2ccc(C(F)(F)F)cc2S(C)(=O)=O)CC1.O=Cc1cccc(OC(F)(F)F)c1. The fourth-order valence-corrected chi connectivity index (χ4v) is 4.68. The van der Waals surface area contributed by atoms with E-state index < -0.39 is 49.9 Å². The van der Waals surface area contributed by atoms with Gasteiger partial charge < -0.3 is 14.8 Å². The Bertz CT molecular complexity index is 1300. The van der Waals surface area contributed by atoms with E-state index in [1.165, 1.54) is 12.1 Å². The molecule has 3 rings (SSSR count). The first-order chi connectivity index (χ1) is 17.9. The highest BCUT2D eigenvalue weighted by Crippen LogP contribution is 2.35. The molecule has 1 amide bonds. The average Bonchev–Trinajstić information content (AvgIpc) is 2.83. The lowest BCUT2D eigenvalue weighted by Gasteiger charge is -2.33. The number of hydrogen-bond donors (Lipinski definition) is 1. The van der Waals surface area contributed by atoms with Crippen LogP contribution in [0.5, 0.6) is 5.75 Å². The largest absolute Gasteiger partial charge is 0.573 e. The molecule has 0 saturated heterocycles. The van der Waals surface area contributed by atoms with Crippen LogP contribution in [-0.4, -0.2) is 45.6 Å².